The van der Waals surface area contributed by atoms with Crippen LogP contribution < -0.4 is 0 Å². The quantitative estimate of drug-likeness (QED) is 0.762. The number of rotatable bonds is 2. The first kappa shape index (κ1) is 10.9. The third kappa shape index (κ3) is 2.18. The van der Waals surface area contributed by atoms with Gasteiger partial charge in [0.15, 0.2) is 0 Å². The van der Waals surface area contributed by atoms with Gasteiger partial charge in [0.05, 0.1) is 23.2 Å². The summed E-state index contributed by atoms with van der Waals surface area (Å²) in [4.78, 5) is 3.85. The van der Waals surface area contributed by atoms with E-state index in [-0.39, 0.29) is 22.7 Å². The summed E-state index contributed by atoms with van der Waals surface area (Å²) in [6, 6.07) is 3.03. The van der Waals surface area contributed by atoms with E-state index in [1.165, 1.54) is 13.0 Å². The first-order valence-electron chi connectivity index (χ1n) is 3.87. The monoisotopic (exact) mass is 216 g/mol. The van der Waals surface area contributed by atoms with Gasteiger partial charge in [-0.25, -0.2) is 8.78 Å². The zero-order valence-electron chi connectivity index (χ0n) is 7.39. The summed E-state index contributed by atoms with van der Waals surface area (Å²) in [5.74, 6) is 0. The topological polar surface area (TPSA) is 36.7 Å². The Labute approximate surface area is 85.1 Å². The minimum Gasteiger partial charge on any atom is -0.255 e. The van der Waals surface area contributed by atoms with Crippen LogP contribution in [0.2, 0.25) is 5.02 Å². The summed E-state index contributed by atoms with van der Waals surface area (Å²) in [5, 5.41) is 8.53. The van der Waals surface area contributed by atoms with Gasteiger partial charge in [0.2, 0.25) is 0 Å². The number of nitrogens with zero attached hydrogens (tertiary/aromatic N) is 2. The lowest BCUT2D eigenvalue weighted by Gasteiger charge is -2.06. The molecule has 1 aromatic heterocycles. The molecule has 0 N–H and O–H groups in total. The van der Waals surface area contributed by atoms with Gasteiger partial charge in [-0.15, -0.1) is 0 Å². The fourth-order valence-electron chi connectivity index (χ4n) is 1.06. The molecule has 0 unspecified atom stereocenters. The molecule has 74 valence electrons. The van der Waals surface area contributed by atoms with Crippen LogP contribution >= 0.6 is 11.6 Å². The Morgan fingerprint density at radius 3 is 2.79 bits per heavy atom. The van der Waals surface area contributed by atoms with Crippen LogP contribution in [0.15, 0.2) is 6.07 Å². The minimum atomic E-state index is -2.59. The number of aromatic nitrogens is 1. The molecular weight excluding hydrogens is 210 g/mol. The highest BCUT2D eigenvalue weighted by molar-refractivity contribution is 6.31. The minimum absolute atomic E-state index is 0.0309. The second-order valence-electron chi connectivity index (χ2n) is 2.73. The highest BCUT2D eigenvalue weighted by atomic mass is 35.5. The van der Waals surface area contributed by atoms with Gasteiger partial charge in [-0.05, 0) is 13.0 Å². The molecule has 0 amide bonds. The number of nitriles is 1. The van der Waals surface area contributed by atoms with E-state index in [9.17, 15) is 8.78 Å². The molecule has 0 aliphatic carbocycles. The maximum absolute atomic E-state index is 12.4. The van der Waals surface area contributed by atoms with Crippen LogP contribution in [-0.2, 0) is 6.42 Å². The SMILES string of the molecule is Cc1nc(CC#N)c(Cl)cc1C(F)F. The second kappa shape index (κ2) is 4.34. The van der Waals surface area contributed by atoms with E-state index >= 15 is 0 Å². The number of hydrogen-bond donors (Lipinski definition) is 0. The number of hydrogen-bond acceptors (Lipinski definition) is 2. The highest BCUT2D eigenvalue weighted by Gasteiger charge is 2.14. The number of alkyl halides is 2. The van der Waals surface area contributed by atoms with E-state index in [0.717, 1.165) is 0 Å². The van der Waals surface area contributed by atoms with Gasteiger partial charge in [-0.3, -0.25) is 4.98 Å². The molecule has 5 heteroatoms. The van der Waals surface area contributed by atoms with Gasteiger partial charge in [0.25, 0.3) is 6.43 Å². The summed E-state index contributed by atoms with van der Waals surface area (Å²) in [6.07, 6.45) is -2.56. The van der Waals surface area contributed by atoms with Crippen molar-refractivity contribution < 1.29 is 8.78 Å². The molecule has 0 saturated carbocycles. The first-order valence-corrected chi connectivity index (χ1v) is 4.25. The van der Waals surface area contributed by atoms with E-state index in [1.807, 2.05) is 6.07 Å². The second-order valence-corrected chi connectivity index (χ2v) is 3.13. The molecule has 0 radical (unpaired) electrons. The van der Waals surface area contributed by atoms with Crippen LogP contribution in [0.1, 0.15) is 23.4 Å². The predicted octanol–water partition coefficient (Wildman–Crippen LogP) is 3.05. The zero-order valence-corrected chi connectivity index (χ0v) is 8.15. The van der Waals surface area contributed by atoms with Crippen molar-refractivity contribution in [2.45, 2.75) is 19.8 Å². The summed E-state index contributed by atoms with van der Waals surface area (Å²) >= 11 is 5.68. The lowest BCUT2D eigenvalue weighted by molar-refractivity contribution is 0.150. The van der Waals surface area contributed by atoms with E-state index in [4.69, 9.17) is 16.9 Å². The molecule has 0 aliphatic rings. The number of pyridine rings is 1. The molecule has 0 atom stereocenters. The van der Waals surface area contributed by atoms with Crippen molar-refractivity contribution in [3.8, 4) is 6.07 Å². The lowest BCUT2D eigenvalue weighted by Crippen LogP contribution is -1.98. The third-order valence-electron chi connectivity index (χ3n) is 1.76. The summed E-state index contributed by atoms with van der Waals surface area (Å²) in [6.45, 7) is 1.47. The van der Waals surface area contributed by atoms with E-state index in [1.54, 1.807) is 0 Å². The number of halogens is 3. The van der Waals surface area contributed by atoms with E-state index in [2.05, 4.69) is 4.98 Å². The Morgan fingerprint density at radius 1 is 1.64 bits per heavy atom. The van der Waals surface area contributed by atoms with Crippen LogP contribution in [0, 0.1) is 18.3 Å². The van der Waals surface area contributed by atoms with Gasteiger partial charge < -0.3 is 0 Å². The fraction of sp³-hybridized carbons (Fsp3) is 0.333. The molecule has 0 fully saturated rings. The lowest BCUT2D eigenvalue weighted by atomic mass is 10.1. The van der Waals surface area contributed by atoms with Gasteiger partial charge in [0, 0.05) is 11.3 Å². The molecule has 0 aromatic carbocycles. The van der Waals surface area contributed by atoms with Crippen molar-refractivity contribution in [3.05, 3.63) is 28.0 Å². The molecule has 0 spiro atoms. The molecule has 1 rings (SSSR count). The van der Waals surface area contributed by atoms with Gasteiger partial charge >= 0.3 is 0 Å². The van der Waals surface area contributed by atoms with E-state index < -0.39 is 6.43 Å². The van der Waals surface area contributed by atoms with Crippen LogP contribution in [0.4, 0.5) is 8.78 Å². The average molecular weight is 217 g/mol. The highest BCUT2D eigenvalue weighted by Crippen LogP contribution is 2.26. The van der Waals surface area contributed by atoms with E-state index in [0.29, 0.717) is 5.69 Å². The Morgan fingerprint density at radius 2 is 2.29 bits per heavy atom. The van der Waals surface area contributed by atoms with Gasteiger partial charge in [-0.1, -0.05) is 11.6 Å². The molecule has 1 heterocycles. The summed E-state index contributed by atoms with van der Waals surface area (Å²) in [5.41, 5.74) is 0.377. The Hall–Kier alpha value is -1.21. The van der Waals surface area contributed by atoms with Crippen molar-refractivity contribution in [1.29, 1.82) is 5.26 Å². The van der Waals surface area contributed by atoms with Crippen LogP contribution in [-0.4, -0.2) is 4.98 Å². The first-order chi connectivity index (χ1) is 6.56. The molecule has 2 nitrogen and oxygen atoms in total. The van der Waals surface area contributed by atoms with Crippen molar-refractivity contribution in [1.82, 2.24) is 4.98 Å². The fourth-order valence-corrected chi connectivity index (χ4v) is 1.29. The maximum atomic E-state index is 12.4. The maximum Gasteiger partial charge on any atom is 0.265 e. The van der Waals surface area contributed by atoms with Gasteiger partial charge in [-0.2, -0.15) is 5.26 Å². The summed E-state index contributed by atoms with van der Waals surface area (Å²) in [7, 11) is 0. The van der Waals surface area contributed by atoms with Gasteiger partial charge in [0.1, 0.15) is 0 Å². The molecule has 0 aliphatic heterocycles. The Bertz CT molecular complexity index is 385. The molecule has 0 saturated heterocycles. The van der Waals surface area contributed by atoms with Crippen molar-refractivity contribution >= 4 is 11.6 Å². The van der Waals surface area contributed by atoms with Crippen molar-refractivity contribution in [3.63, 3.8) is 0 Å². The van der Waals surface area contributed by atoms with Crippen LogP contribution in [0.5, 0.6) is 0 Å². The normalized spacial score (nSPS) is 10.3. The smallest absolute Gasteiger partial charge is 0.255 e. The summed E-state index contributed by atoms with van der Waals surface area (Å²) < 4.78 is 24.7. The van der Waals surface area contributed by atoms with Crippen LogP contribution in [0.25, 0.3) is 0 Å². The molecule has 1 aromatic rings. The average Bonchev–Trinajstić information content (AvgIpc) is 2.10. The number of aryl methyl sites for hydroxylation is 1. The molecular formula is C9H7ClF2N2. The van der Waals surface area contributed by atoms with Crippen LogP contribution in [0.3, 0.4) is 0 Å². The zero-order chi connectivity index (χ0) is 10.7. The largest absolute Gasteiger partial charge is 0.265 e. The molecule has 0 bridgehead atoms. The molecule has 14 heavy (non-hydrogen) atoms. The third-order valence-corrected chi connectivity index (χ3v) is 2.09. The predicted molar refractivity (Wildman–Crippen MR) is 48.3 cm³/mol. The van der Waals surface area contributed by atoms with Crippen molar-refractivity contribution in [2.75, 3.05) is 0 Å². The Balaban J connectivity index is 3.18. The Kier molecular flexibility index (Phi) is 3.37. The van der Waals surface area contributed by atoms with Crippen molar-refractivity contribution in [2.24, 2.45) is 0 Å². The standard InChI is InChI=1S/C9H7ClF2N2/c1-5-6(9(11)12)4-7(10)8(14-5)2-3-13/h4,9H,2H2,1H3.